The number of nitrogens with one attached hydrogen (secondary N) is 2. The van der Waals surface area contributed by atoms with E-state index in [0.717, 1.165) is 0 Å². The molecule has 0 fully saturated rings. The Balaban J connectivity index is 2.45. The molecule has 0 saturated carbocycles. The maximum absolute atomic E-state index is 11.7. The number of carbonyl (C=O) groups is 1. The van der Waals surface area contributed by atoms with Crippen molar-refractivity contribution in [2.24, 2.45) is 0 Å². The number of hydrogen-bond acceptors (Lipinski definition) is 4. The topological polar surface area (TPSA) is 87.7 Å². The molecule has 0 aliphatic heterocycles. The van der Waals surface area contributed by atoms with Crippen molar-refractivity contribution in [1.29, 1.82) is 0 Å². The van der Waals surface area contributed by atoms with Crippen molar-refractivity contribution in [3.63, 3.8) is 0 Å². The molecule has 1 amide bonds. The van der Waals surface area contributed by atoms with Crippen LogP contribution >= 0.6 is 0 Å². The third-order valence-electron chi connectivity index (χ3n) is 2.29. The highest BCUT2D eigenvalue weighted by Gasteiger charge is 2.14. The number of rotatable bonds is 6. The van der Waals surface area contributed by atoms with E-state index in [1.165, 1.54) is 0 Å². The van der Waals surface area contributed by atoms with Crippen molar-refractivity contribution < 1.29 is 9.00 Å². The van der Waals surface area contributed by atoms with E-state index in [1.54, 1.807) is 6.26 Å². The van der Waals surface area contributed by atoms with Crippen LogP contribution in [0.4, 0.5) is 0 Å². The van der Waals surface area contributed by atoms with Crippen LogP contribution in [0, 0.1) is 0 Å². The number of amides is 1. The highest BCUT2D eigenvalue weighted by molar-refractivity contribution is 7.84. The highest BCUT2D eigenvalue weighted by atomic mass is 32.2. The summed E-state index contributed by atoms with van der Waals surface area (Å²) in [7, 11) is -0.831. The quantitative estimate of drug-likeness (QED) is 0.766. The summed E-state index contributed by atoms with van der Waals surface area (Å²) in [4.78, 5) is 15.7. The van der Waals surface area contributed by atoms with Crippen LogP contribution in [0.1, 0.15) is 36.7 Å². The normalized spacial score (nSPS) is 14.3. The van der Waals surface area contributed by atoms with Crippen LogP contribution in [0.2, 0.25) is 0 Å². The number of carbonyl (C=O) groups excluding carboxylic acids is 1. The Morgan fingerprint density at radius 1 is 1.59 bits per heavy atom. The maximum atomic E-state index is 11.7. The minimum absolute atomic E-state index is 0.0324. The molecule has 0 radical (unpaired) electrons. The zero-order valence-corrected chi connectivity index (χ0v) is 11.1. The van der Waals surface area contributed by atoms with Crippen molar-refractivity contribution in [1.82, 2.24) is 20.5 Å². The number of aromatic nitrogens is 3. The van der Waals surface area contributed by atoms with Gasteiger partial charge in [0.25, 0.3) is 5.91 Å². The van der Waals surface area contributed by atoms with Gasteiger partial charge in [0.15, 0.2) is 0 Å². The van der Waals surface area contributed by atoms with Gasteiger partial charge in [-0.1, -0.05) is 6.92 Å². The van der Waals surface area contributed by atoms with Gasteiger partial charge in [-0.15, -0.1) is 5.10 Å². The van der Waals surface area contributed by atoms with E-state index >= 15 is 0 Å². The molecule has 2 N–H and O–H groups in total. The van der Waals surface area contributed by atoms with Crippen molar-refractivity contribution in [3.05, 3.63) is 11.6 Å². The summed E-state index contributed by atoms with van der Waals surface area (Å²) >= 11 is 0. The standard InChI is InChI=1S/C10H18N4O2S/c1-4-8-12-9(14-13-8)10(15)11-7(2)5-6-17(3)16/h7H,4-6H2,1-3H3,(H,11,15)(H,12,13,14). The number of aryl methyl sites for hydroxylation is 1. The van der Waals surface area contributed by atoms with Crippen molar-refractivity contribution in [2.45, 2.75) is 32.7 Å². The van der Waals surface area contributed by atoms with E-state index < -0.39 is 10.8 Å². The molecule has 6 nitrogen and oxygen atoms in total. The Kier molecular flexibility index (Phi) is 5.27. The predicted octanol–water partition coefficient (Wildman–Crippen LogP) is 0.254. The average molecular weight is 258 g/mol. The zero-order valence-electron chi connectivity index (χ0n) is 10.3. The highest BCUT2D eigenvalue weighted by Crippen LogP contribution is 1.97. The molecule has 0 aromatic carbocycles. The smallest absolute Gasteiger partial charge is 0.291 e. The predicted molar refractivity (Wildman–Crippen MR) is 66.2 cm³/mol. The summed E-state index contributed by atoms with van der Waals surface area (Å²) in [6.45, 7) is 3.81. The van der Waals surface area contributed by atoms with E-state index in [0.29, 0.717) is 24.4 Å². The van der Waals surface area contributed by atoms with Gasteiger partial charge in [-0.05, 0) is 13.3 Å². The lowest BCUT2D eigenvalue weighted by Gasteiger charge is -2.11. The average Bonchev–Trinajstić information content (AvgIpc) is 2.74. The van der Waals surface area contributed by atoms with Crippen LogP contribution in [0.25, 0.3) is 0 Å². The van der Waals surface area contributed by atoms with Gasteiger partial charge in [0.2, 0.25) is 5.82 Å². The van der Waals surface area contributed by atoms with E-state index in [-0.39, 0.29) is 17.8 Å². The SMILES string of the molecule is CCc1nc(C(=O)NC(C)CCS(C)=O)n[nH]1. The summed E-state index contributed by atoms with van der Waals surface area (Å²) in [6.07, 6.45) is 3.04. The lowest BCUT2D eigenvalue weighted by Crippen LogP contribution is -2.34. The molecule has 96 valence electrons. The fraction of sp³-hybridized carbons (Fsp3) is 0.700. The summed E-state index contributed by atoms with van der Waals surface area (Å²) in [5.41, 5.74) is 0. The third-order valence-corrected chi connectivity index (χ3v) is 3.10. The number of nitrogens with zero attached hydrogens (tertiary/aromatic N) is 2. The second kappa shape index (κ2) is 6.48. The number of aromatic amines is 1. The molecule has 1 rings (SSSR count). The third kappa shape index (κ3) is 4.64. The fourth-order valence-corrected chi connectivity index (χ4v) is 1.94. The Bertz CT molecular complexity index is 405. The van der Waals surface area contributed by atoms with Gasteiger partial charge < -0.3 is 5.32 Å². The first-order valence-corrected chi connectivity index (χ1v) is 7.27. The monoisotopic (exact) mass is 258 g/mol. The molecule has 0 bridgehead atoms. The minimum atomic E-state index is -0.831. The van der Waals surface area contributed by atoms with Crippen LogP contribution in [0.5, 0.6) is 0 Å². The van der Waals surface area contributed by atoms with Crippen molar-refractivity contribution in [2.75, 3.05) is 12.0 Å². The molecule has 1 aromatic rings. The van der Waals surface area contributed by atoms with Gasteiger partial charge in [-0.3, -0.25) is 14.1 Å². The van der Waals surface area contributed by atoms with Crippen LogP contribution in [-0.4, -0.2) is 43.3 Å². The fourth-order valence-electron chi connectivity index (χ4n) is 1.26. The van der Waals surface area contributed by atoms with Crippen LogP contribution < -0.4 is 5.32 Å². The largest absolute Gasteiger partial charge is 0.347 e. The van der Waals surface area contributed by atoms with E-state index in [9.17, 15) is 9.00 Å². The second-order valence-corrected chi connectivity index (χ2v) is 5.45. The molecular formula is C10H18N4O2S. The molecular weight excluding hydrogens is 240 g/mol. The maximum Gasteiger partial charge on any atom is 0.291 e. The summed E-state index contributed by atoms with van der Waals surface area (Å²) in [6, 6.07) is -0.0324. The molecule has 0 aliphatic carbocycles. The number of H-pyrrole nitrogens is 1. The molecule has 17 heavy (non-hydrogen) atoms. The first-order valence-electron chi connectivity index (χ1n) is 5.55. The lowest BCUT2D eigenvalue weighted by atomic mass is 10.2. The molecule has 1 aromatic heterocycles. The molecule has 2 unspecified atom stereocenters. The summed E-state index contributed by atoms with van der Waals surface area (Å²) in [5, 5.41) is 9.29. The zero-order chi connectivity index (χ0) is 12.8. The van der Waals surface area contributed by atoms with Gasteiger partial charge in [0.05, 0.1) is 0 Å². The Morgan fingerprint density at radius 3 is 2.82 bits per heavy atom. The van der Waals surface area contributed by atoms with Crippen LogP contribution in [0.15, 0.2) is 0 Å². The molecule has 7 heteroatoms. The van der Waals surface area contributed by atoms with Gasteiger partial charge in [-0.25, -0.2) is 4.98 Å². The Labute approximate surface area is 103 Å². The summed E-state index contributed by atoms with van der Waals surface area (Å²) < 4.78 is 10.9. The lowest BCUT2D eigenvalue weighted by molar-refractivity contribution is 0.0929. The van der Waals surface area contributed by atoms with Gasteiger partial charge in [0.1, 0.15) is 5.82 Å². The first kappa shape index (κ1) is 13.8. The molecule has 2 atom stereocenters. The second-order valence-electron chi connectivity index (χ2n) is 3.90. The van der Waals surface area contributed by atoms with Crippen molar-refractivity contribution in [3.8, 4) is 0 Å². The van der Waals surface area contributed by atoms with E-state index in [2.05, 4.69) is 20.5 Å². The number of hydrogen-bond donors (Lipinski definition) is 2. The molecule has 0 spiro atoms. The molecule has 0 saturated heterocycles. The first-order chi connectivity index (χ1) is 8.02. The molecule has 0 aliphatic rings. The van der Waals surface area contributed by atoms with Crippen LogP contribution in [0.3, 0.4) is 0 Å². The Morgan fingerprint density at radius 2 is 2.29 bits per heavy atom. The Hall–Kier alpha value is -1.24. The minimum Gasteiger partial charge on any atom is -0.347 e. The van der Waals surface area contributed by atoms with Gasteiger partial charge in [-0.2, -0.15) is 0 Å². The van der Waals surface area contributed by atoms with Gasteiger partial charge >= 0.3 is 0 Å². The van der Waals surface area contributed by atoms with E-state index in [1.807, 2.05) is 13.8 Å². The molecule has 1 heterocycles. The van der Waals surface area contributed by atoms with Crippen LogP contribution in [-0.2, 0) is 17.2 Å². The summed E-state index contributed by atoms with van der Waals surface area (Å²) in [5.74, 6) is 1.13. The van der Waals surface area contributed by atoms with Crippen molar-refractivity contribution >= 4 is 16.7 Å². The van der Waals surface area contributed by atoms with E-state index in [4.69, 9.17) is 0 Å². The van der Waals surface area contributed by atoms with Gasteiger partial charge in [0, 0.05) is 35.3 Å².